The minimum absolute atomic E-state index is 0.0000515. The Hall–Kier alpha value is -3.81. The summed E-state index contributed by atoms with van der Waals surface area (Å²) < 4.78 is 1.47. The lowest BCUT2D eigenvalue weighted by Gasteiger charge is -2.16. The van der Waals surface area contributed by atoms with Crippen LogP contribution in [0, 0.1) is 0 Å². The number of rotatable bonds is 6. The Morgan fingerprint density at radius 3 is 2.23 bits per heavy atom. The van der Waals surface area contributed by atoms with Gasteiger partial charge in [0.2, 0.25) is 0 Å². The summed E-state index contributed by atoms with van der Waals surface area (Å²) in [5.74, 6) is -2.05. The molecule has 9 heteroatoms. The molecular weight excluding hydrogens is 491 g/mol. The van der Waals surface area contributed by atoms with Crippen LogP contribution in [0.5, 0.6) is 5.75 Å². The fourth-order valence-corrected chi connectivity index (χ4v) is 4.50. The molecule has 1 heterocycles. The average molecular weight is 511 g/mol. The third-order valence-electron chi connectivity index (χ3n) is 5.75. The van der Waals surface area contributed by atoms with Crippen LogP contribution in [0.4, 0.5) is 0 Å². The molecule has 0 radical (unpaired) electrons. The third-order valence-corrected chi connectivity index (χ3v) is 6.38. The molecule has 0 unspecified atom stereocenters. The standard InChI is InChI=1S/C26H20Cl2N2O5/c1-30-20-8-3-2-5-16(20)23(31)21(25(30)33)15-11-9-14(10-12-15)13-19(26(34)35)29-24(32)22-17(27)6-4-7-18(22)28/h2-12,19,31H,13H2,1H3,(H,29,32)(H,34,35)/t19-/m0/s1. The van der Waals surface area contributed by atoms with Crippen molar-refractivity contribution in [1.29, 1.82) is 0 Å². The van der Waals surface area contributed by atoms with E-state index < -0.39 is 17.9 Å². The number of carboxylic acids is 1. The van der Waals surface area contributed by atoms with Gasteiger partial charge in [-0.05, 0) is 35.4 Å². The maximum Gasteiger partial charge on any atom is 0.326 e. The number of aromatic nitrogens is 1. The van der Waals surface area contributed by atoms with Gasteiger partial charge in [-0.3, -0.25) is 9.59 Å². The monoisotopic (exact) mass is 510 g/mol. The van der Waals surface area contributed by atoms with Crippen LogP contribution in [0.25, 0.3) is 22.0 Å². The molecule has 0 spiro atoms. The number of carbonyl (C=O) groups excluding carboxylic acids is 1. The average Bonchev–Trinajstić information content (AvgIpc) is 2.83. The van der Waals surface area contributed by atoms with E-state index in [0.29, 0.717) is 22.0 Å². The SMILES string of the molecule is Cn1c(=O)c(-c2ccc(C[C@H](NC(=O)c3c(Cl)cccc3Cl)C(=O)O)cc2)c(O)c2ccccc21. The van der Waals surface area contributed by atoms with E-state index in [2.05, 4.69) is 5.32 Å². The molecular formula is C26H20Cl2N2O5. The first-order chi connectivity index (χ1) is 16.7. The summed E-state index contributed by atoms with van der Waals surface area (Å²) in [5, 5.41) is 23.7. The molecule has 1 amide bonds. The first kappa shape index (κ1) is 24.3. The zero-order valence-electron chi connectivity index (χ0n) is 18.5. The van der Waals surface area contributed by atoms with Crippen molar-refractivity contribution in [2.45, 2.75) is 12.5 Å². The third kappa shape index (κ3) is 4.73. The number of pyridine rings is 1. The molecule has 4 rings (SSSR count). The molecule has 0 saturated carbocycles. The Bertz CT molecular complexity index is 1490. The number of hydrogen-bond donors (Lipinski definition) is 3. The Balaban J connectivity index is 1.61. The van der Waals surface area contributed by atoms with Crippen LogP contribution in [-0.2, 0) is 18.3 Å². The summed E-state index contributed by atoms with van der Waals surface area (Å²) in [6.07, 6.45) is -0.0227. The van der Waals surface area contributed by atoms with Gasteiger partial charge in [0, 0.05) is 18.9 Å². The number of benzene rings is 3. The summed E-state index contributed by atoms with van der Waals surface area (Å²) in [5.41, 5.74) is 1.48. The van der Waals surface area contributed by atoms with E-state index in [-0.39, 0.29) is 38.9 Å². The van der Waals surface area contributed by atoms with Gasteiger partial charge in [0.25, 0.3) is 11.5 Å². The molecule has 0 saturated heterocycles. The molecule has 4 aromatic rings. The second kappa shape index (κ2) is 9.82. The van der Waals surface area contributed by atoms with Crippen molar-refractivity contribution in [2.75, 3.05) is 0 Å². The molecule has 0 fully saturated rings. The highest BCUT2D eigenvalue weighted by molar-refractivity contribution is 6.39. The number of carboxylic acid groups (broad SMARTS) is 1. The number of nitrogens with zero attached hydrogens (tertiary/aromatic N) is 1. The molecule has 35 heavy (non-hydrogen) atoms. The van der Waals surface area contributed by atoms with Crippen LogP contribution in [-0.4, -0.2) is 32.7 Å². The smallest absolute Gasteiger partial charge is 0.326 e. The predicted octanol–water partition coefficient (Wildman–Crippen LogP) is 4.64. The molecule has 0 aliphatic carbocycles. The second-order valence-electron chi connectivity index (χ2n) is 7.97. The number of para-hydroxylation sites is 1. The number of amides is 1. The second-order valence-corrected chi connectivity index (χ2v) is 8.78. The first-order valence-electron chi connectivity index (χ1n) is 10.6. The zero-order valence-corrected chi connectivity index (χ0v) is 20.0. The van der Waals surface area contributed by atoms with Gasteiger partial charge < -0.3 is 20.1 Å². The van der Waals surface area contributed by atoms with Crippen molar-refractivity contribution in [1.82, 2.24) is 9.88 Å². The topological polar surface area (TPSA) is 109 Å². The van der Waals surface area contributed by atoms with Gasteiger partial charge >= 0.3 is 5.97 Å². The van der Waals surface area contributed by atoms with E-state index in [9.17, 15) is 24.6 Å². The largest absolute Gasteiger partial charge is 0.506 e. The van der Waals surface area contributed by atoms with E-state index >= 15 is 0 Å². The Morgan fingerprint density at radius 2 is 1.60 bits per heavy atom. The molecule has 3 N–H and O–H groups in total. The summed E-state index contributed by atoms with van der Waals surface area (Å²) in [4.78, 5) is 37.4. The highest BCUT2D eigenvalue weighted by Gasteiger charge is 2.24. The minimum atomic E-state index is -1.25. The Kier molecular flexibility index (Phi) is 6.82. The number of halogens is 2. The normalized spacial score (nSPS) is 11.9. The van der Waals surface area contributed by atoms with E-state index in [0.717, 1.165) is 0 Å². The first-order valence-corrected chi connectivity index (χ1v) is 11.3. The van der Waals surface area contributed by atoms with Crippen molar-refractivity contribution in [2.24, 2.45) is 7.05 Å². The van der Waals surface area contributed by atoms with Gasteiger partial charge in [0.15, 0.2) is 0 Å². The van der Waals surface area contributed by atoms with Gasteiger partial charge in [0.05, 0.1) is 26.7 Å². The van der Waals surface area contributed by atoms with Crippen LogP contribution in [0.2, 0.25) is 10.0 Å². The summed E-state index contributed by atoms with van der Waals surface area (Å²) in [7, 11) is 1.63. The number of hydrogen-bond acceptors (Lipinski definition) is 4. The number of aliphatic carboxylic acids is 1. The molecule has 7 nitrogen and oxygen atoms in total. The van der Waals surface area contributed by atoms with Gasteiger partial charge in [-0.15, -0.1) is 0 Å². The number of fused-ring (bicyclic) bond motifs is 1. The predicted molar refractivity (Wildman–Crippen MR) is 135 cm³/mol. The van der Waals surface area contributed by atoms with E-state index in [1.54, 1.807) is 61.6 Å². The number of nitrogens with one attached hydrogen (secondary N) is 1. The van der Waals surface area contributed by atoms with E-state index in [4.69, 9.17) is 23.2 Å². The highest BCUT2D eigenvalue weighted by atomic mass is 35.5. The molecule has 3 aromatic carbocycles. The molecule has 1 aromatic heterocycles. The van der Waals surface area contributed by atoms with E-state index in [1.165, 1.54) is 16.7 Å². The van der Waals surface area contributed by atoms with Crippen LogP contribution in [0.1, 0.15) is 15.9 Å². The summed E-state index contributed by atoms with van der Waals surface area (Å²) in [6, 6.07) is 16.9. The van der Waals surface area contributed by atoms with Crippen molar-refractivity contribution < 1.29 is 19.8 Å². The lowest BCUT2D eigenvalue weighted by molar-refractivity contribution is -0.139. The van der Waals surface area contributed by atoms with Crippen molar-refractivity contribution >= 4 is 46.0 Å². The van der Waals surface area contributed by atoms with Crippen LogP contribution < -0.4 is 10.9 Å². The molecule has 0 aliphatic heterocycles. The van der Waals surface area contributed by atoms with Crippen LogP contribution >= 0.6 is 23.2 Å². The van der Waals surface area contributed by atoms with E-state index in [1.807, 2.05) is 0 Å². The number of aryl methyl sites for hydroxylation is 1. The maximum atomic E-state index is 12.9. The van der Waals surface area contributed by atoms with Crippen molar-refractivity contribution in [3.63, 3.8) is 0 Å². The van der Waals surface area contributed by atoms with Crippen molar-refractivity contribution in [3.05, 3.63) is 98.3 Å². The van der Waals surface area contributed by atoms with Gasteiger partial charge in [-0.1, -0.05) is 65.7 Å². The fourth-order valence-electron chi connectivity index (χ4n) is 3.93. The lowest BCUT2D eigenvalue weighted by Crippen LogP contribution is -2.42. The van der Waals surface area contributed by atoms with Gasteiger partial charge in [-0.25, -0.2) is 4.79 Å². The molecule has 0 bridgehead atoms. The zero-order chi connectivity index (χ0) is 25.3. The summed E-state index contributed by atoms with van der Waals surface area (Å²) >= 11 is 12.1. The molecule has 1 atom stereocenters. The Morgan fingerprint density at radius 1 is 0.971 bits per heavy atom. The molecule has 178 valence electrons. The minimum Gasteiger partial charge on any atom is -0.506 e. The number of carbonyl (C=O) groups is 2. The van der Waals surface area contributed by atoms with Gasteiger partial charge in [0.1, 0.15) is 11.8 Å². The fraction of sp³-hybridized carbons (Fsp3) is 0.115. The van der Waals surface area contributed by atoms with Crippen LogP contribution in [0.15, 0.2) is 71.5 Å². The summed E-state index contributed by atoms with van der Waals surface area (Å²) in [6.45, 7) is 0. The molecule has 0 aliphatic rings. The lowest BCUT2D eigenvalue weighted by atomic mass is 9.99. The van der Waals surface area contributed by atoms with Crippen molar-refractivity contribution in [3.8, 4) is 16.9 Å². The quantitative estimate of drug-likeness (QED) is 0.350. The van der Waals surface area contributed by atoms with Gasteiger partial charge in [-0.2, -0.15) is 0 Å². The Labute approximate surface area is 210 Å². The maximum absolute atomic E-state index is 12.9. The highest BCUT2D eigenvalue weighted by Crippen LogP contribution is 2.33. The number of aromatic hydroxyl groups is 1. The van der Waals surface area contributed by atoms with Crippen LogP contribution in [0.3, 0.4) is 0 Å².